The van der Waals surface area contributed by atoms with Gasteiger partial charge in [-0.2, -0.15) is 0 Å². The summed E-state index contributed by atoms with van der Waals surface area (Å²) in [5.74, 6) is -1.17. The molecule has 1 aliphatic rings. The van der Waals surface area contributed by atoms with E-state index >= 15 is 0 Å². The van der Waals surface area contributed by atoms with Crippen molar-refractivity contribution < 1.29 is 22.8 Å². The Morgan fingerprint density at radius 3 is 2.37 bits per heavy atom. The Hall–Kier alpha value is -2.91. The fraction of sp³-hybridized carbons (Fsp3) is 0.250. The van der Waals surface area contributed by atoms with Gasteiger partial charge in [-0.25, -0.2) is 13.2 Å². The lowest BCUT2D eigenvalue weighted by atomic mass is 9.92. The van der Waals surface area contributed by atoms with Gasteiger partial charge >= 0.3 is 6.03 Å². The van der Waals surface area contributed by atoms with E-state index in [1.165, 1.54) is 31.2 Å². The largest absolute Gasteiger partial charge is 0.325 e. The molecule has 0 spiro atoms. The zero-order valence-corrected chi connectivity index (χ0v) is 18.1. The Morgan fingerprint density at radius 1 is 1.17 bits per heavy atom. The number of halogens is 1. The minimum atomic E-state index is -3.39. The number of rotatable bonds is 5. The van der Waals surface area contributed by atoms with Crippen molar-refractivity contribution in [3.63, 3.8) is 0 Å². The maximum atomic E-state index is 12.9. The van der Waals surface area contributed by atoms with Crippen molar-refractivity contribution in [2.24, 2.45) is 0 Å². The van der Waals surface area contributed by atoms with Gasteiger partial charge < -0.3 is 10.6 Å². The molecule has 1 saturated heterocycles. The summed E-state index contributed by atoms with van der Waals surface area (Å²) in [4.78, 5) is 38.6. The van der Waals surface area contributed by atoms with Crippen LogP contribution in [0.3, 0.4) is 0 Å². The van der Waals surface area contributed by atoms with E-state index in [-0.39, 0.29) is 4.90 Å². The van der Waals surface area contributed by atoms with Gasteiger partial charge in [-0.3, -0.25) is 14.5 Å². The summed E-state index contributed by atoms with van der Waals surface area (Å²) in [5, 5.41) is 5.66. The summed E-state index contributed by atoms with van der Waals surface area (Å²) in [5.41, 5.74) is 0.283. The van der Waals surface area contributed by atoms with Gasteiger partial charge in [0.1, 0.15) is 12.1 Å². The normalized spacial score (nSPS) is 19.0. The number of imide groups is 1. The highest BCUT2D eigenvalue weighted by molar-refractivity contribution is 7.90. The van der Waals surface area contributed by atoms with Gasteiger partial charge in [0.05, 0.1) is 4.90 Å². The van der Waals surface area contributed by atoms with E-state index in [2.05, 4.69) is 10.6 Å². The molecule has 4 amide bonds. The Kier molecular flexibility index (Phi) is 5.62. The Labute approximate surface area is 179 Å². The summed E-state index contributed by atoms with van der Waals surface area (Å²) >= 11 is 6.04. The number of anilines is 1. The molecule has 0 bridgehead atoms. The molecule has 0 radical (unpaired) electrons. The number of carbonyl (C=O) groups is 3. The van der Waals surface area contributed by atoms with Crippen LogP contribution >= 0.6 is 11.6 Å². The number of nitrogens with zero attached hydrogens (tertiary/aromatic N) is 1. The van der Waals surface area contributed by atoms with Crippen LogP contribution in [0.2, 0.25) is 5.02 Å². The van der Waals surface area contributed by atoms with Crippen LogP contribution in [0.5, 0.6) is 0 Å². The zero-order valence-electron chi connectivity index (χ0n) is 16.5. The summed E-state index contributed by atoms with van der Waals surface area (Å²) in [6, 6.07) is 9.93. The number of carbonyl (C=O) groups excluding carboxylic acids is 3. The maximum Gasteiger partial charge on any atom is 0.325 e. The van der Waals surface area contributed by atoms with Gasteiger partial charge in [-0.05, 0) is 49.2 Å². The van der Waals surface area contributed by atoms with Gasteiger partial charge in [0.25, 0.3) is 5.91 Å². The van der Waals surface area contributed by atoms with E-state index in [1.54, 1.807) is 18.2 Å². The number of hydrogen-bond acceptors (Lipinski definition) is 5. The molecule has 0 aliphatic carbocycles. The number of nitrogens with one attached hydrogen (secondary N) is 2. The monoisotopic (exact) mass is 449 g/mol. The molecule has 0 aromatic heterocycles. The SMILES string of the molecule is Cc1ccc(NC(=O)CN2C(=O)NC(C)(c3ccc(S(C)(=O)=O)cc3)C2=O)cc1Cl. The Morgan fingerprint density at radius 2 is 1.80 bits per heavy atom. The molecular weight excluding hydrogens is 430 g/mol. The third kappa shape index (κ3) is 4.17. The molecule has 3 rings (SSSR count). The van der Waals surface area contributed by atoms with Crippen LogP contribution in [-0.2, 0) is 25.0 Å². The summed E-state index contributed by atoms with van der Waals surface area (Å²) in [6.07, 6.45) is 1.08. The highest BCUT2D eigenvalue weighted by atomic mass is 35.5. The number of amides is 4. The quantitative estimate of drug-likeness (QED) is 0.681. The molecule has 10 heteroatoms. The number of benzene rings is 2. The lowest BCUT2D eigenvalue weighted by Gasteiger charge is -2.22. The van der Waals surface area contributed by atoms with Crippen LogP contribution in [-0.4, -0.2) is 44.0 Å². The van der Waals surface area contributed by atoms with Crippen molar-refractivity contribution in [3.05, 3.63) is 58.6 Å². The smallest absolute Gasteiger partial charge is 0.324 e. The summed E-state index contributed by atoms with van der Waals surface area (Å²) in [6.45, 7) is 2.85. The van der Waals surface area contributed by atoms with E-state index in [0.29, 0.717) is 16.3 Å². The first-order valence-electron chi connectivity index (χ1n) is 8.92. The van der Waals surface area contributed by atoms with Crippen molar-refractivity contribution in [3.8, 4) is 0 Å². The second-order valence-corrected chi connectivity index (χ2v) is 9.68. The predicted molar refractivity (Wildman–Crippen MR) is 112 cm³/mol. The lowest BCUT2D eigenvalue weighted by Crippen LogP contribution is -2.42. The average Bonchev–Trinajstić information content (AvgIpc) is 2.88. The summed E-state index contributed by atoms with van der Waals surface area (Å²) < 4.78 is 23.3. The molecule has 2 aromatic carbocycles. The highest BCUT2D eigenvalue weighted by Gasteiger charge is 2.49. The van der Waals surface area contributed by atoms with Crippen molar-refractivity contribution in [1.29, 1.82) is 0 Å². The first-order chi connectivity index (χ1) is 13.9. The van der Waals surface area contributed by atoms with Crippen LogP contribution in [0.25, 0.3) is 0 Å². The molecule has 0 saturated carbocycles. The highest BCUT2D eigenvalue weighted by Crippen LogP contribution is 2.29. The fourth-order valence-corrected chi connectivity index (χ4v) is 3.90. The van der Waals surface area contributed by atoms with Gasteiger partial charge in [-0.15, -0.1) is 0 Å². The number of aryl methyl sites for hydroxylation is 1. The average molecular weight is 450 g/mol. The van der Waals surface area contributed by atoms with E-state index in [1.807, 2.05) is 6.92 Å². The van der Waals surface area contributed by atoms with Crippen molar-refractivity contribution in [1.82, 2.24) is 10.2 Å². The Bertz CT molecular complexity index is 1150. The number of urea groups is 1. The second-order valence-electron chi connectivity index (χ2n) is 7.26. The van der Waals surface area contributed by atoms with Crippen LogP contribution in [0, 0.1) is 6.92 Å². The van der Waals surface area contributed by atoms with Crippen molar-refractivity contribution >= 4 is 45.0 Å². The molecule has 30 heavy (non-hydrogen) atoms. The minimum Gasteiger partial charge on any atom is -0.324 e. The van der Waals surface area contributed by atoms with Gasteiger partial charge in [0.2, 0.25) is 5.91 Å². The standard InChI is InChI=1S/C20H20ClN3O5S/c1-12-4-7-14(10-16(12)21)22-17(25)11-24-18(26)20(2,23-19(24)27)13-5-8-15(9-6-13)30(3,28)29/h4-10H,11H2,1-3H3,(H,22,25)(H,23,27). The van der Waals surface area contributed by atoms with E-state index in [9.17, 15) is 22.8 Å². The molecule has 2 N–H and O–H groups in total. The number of hydrogen-bond donors (Lipinski definition) is 2. The van der Waals surface area contributed by atoms with Crippen LogP contribution in [0.15, 0.2) is 47.4 Å². The second kappa shape index (κ2) is 7.73. The topological polar surface area (TPSA) is 113 Å². The van der Waals surface area contributed by atoms with Crippen LogP contribution in [0.1, 0.15) is 18.1 Å². The van der Waals surface area contributed by atoms with Crippen molar-refractivity contribution in [2.45, 2.75) is 24.3 Å². The molecule has 8 nitrogen and oxygen atoms in total. The predicted octanol–water partition coefficient (Wildman–Crippen LogP) is 2.46. The molecular formula is C20H20ClN3O5S. The van der Waals surface area contributed by atoms with Gasteiger partial charge in [0, 0.05) is 17.0 Å². The van der Waals surface area contributed by atoms with E-state index in [4.69, 9.17) is 11.6 Å². The fourth-order valence-electron chi connectivity index (χ4n) is 3.09. The minimum absolute atomic E-state index is 0.0969. The molecule has 158 valence electrons. The van der Waals surface area contributed by atoms with Crippen LogP contribution in [0.4, 0.5) is 10.5 Å². The van der Waals surface area contributed by atoms with Gasteiger partial charge in [0.15, 0.2) is 9.84 Å². The maximum absolute atomic E-state index is 12.9. The van der Waals surface area contributed by atoms with Crippen molar-refractivity contribution in [2.75, 3.05) is 18.1 Å². The molecule has 1 atom stereocenters. The lowest BCUT2D eigenvalue weighted by molar-refractivity contribution is -0.133. The number of sulfone groups is 1. The molecule has 1 heterocycles. The molecule has 1 unspecified atom stereocenters. The third-order valence-electron chi connectivity index (χ3n) is 4.89. The summed E-state index contributed by atoms with van der Waals surface area (Å²) in [7, 11) is -3.39. The van der Waals surface area contributed by atoms with E-state index in [0.717, 1.165) is 16.7 Å². The Balaban J connectivity index is 1.76. The third-order valence-corrected chi connectivity index (χ3v) is 6.43. The first-order valence-corrected chi connectivity index (χ1v) is 11.2. The molecule has 2 aromatic rings. The van der Waals surface area contributed by atoms with Crippen LogP contribution < -0.4 is 10.6 Å². The first kappa shape index (κ1) is 21.8. The molecule has 1 aliphatic heterocycles. The van der Waals surface area contributed by atoms with Gasteiger partial charge in [-0.1, -0.05) is 29.8 Å². The molecule has 1 fully saturated rings. The zero-order chi connectivity index (χ0) is 22.3. The van der Waals surface area contributed by atoms with E-state index < -0.39 is 39.8 Å².